The monoisotopic (exact) mass is 369 g/mol. The van der Waals surface area contributed by atoms with Crippen LogP contribution < -0.4 is 14.8 Å². The zero-order valence-electron chi connectivity index (χ0n) is 15.3. The van der Waals surface area contributed by atoms with E-state index in [9.17, 15) is 9.59 Å². The lowest BCUT2D eigenvalue weighted by molar-refractivity contribution is -0.134. The number of pyridine rings is 1. The number of carbonyl (C=O) groups is 2. The minimum atomic E-state index is -0.110. The van der Waals surface area contributed by atoms with Crippen LogP contribution in [0.15, 0.2) is 48.8 Å². The van der Waals surface area contributed by atoms with Crippen molar-refractivity contribution in [3.05, 3.63) is 54.4 Å². The number of aromatic nitrogens is 1. The van der Waals surface area contributed by atoms with E-state index in [0.717, 1.165) is 12.8 Å². The van der Waals surface area contributed by atoms with Crippen LogP contribution in [-0.2, 0) is 4.79 Å². The van der Waals surface area contributed by atoms with Crippen LogP contribution in [0.4, 0.5) is 0 Å². The number of hydrogen-bond acceptors (Lipinski definition) is 5. The van der Waals surface area contributed by atoms with Crippen molar-refractivity contribution in [2.45, 2.75) is 18.9 Å². The number of carbonyl (C=O) groups excluding carboxylic acids is 2. The summed E-state index contributed by atoms with van der Waals surface area (Å²) in [5, 5.41) is 3.02. The molecular formula is C20H23N3O4. The Morgan fingerprint density at radius 1 is 1.11 bits per heavy atom. The van der Waals surface area contributed by atoms with Gasteiger partial charge in [0.2, 0.25) is 0 Å². The molecule has 3 rings (SSSR count). The molecule has 0 atom stereocenters. The Kier molecular flexibility index (Phi) is 6.25. The second-order valence-electron chi connectivity index (χ2n) is 6.30. The number of rotatable bonds is 6. The molecule has 1 aromatic carbocycles. The van der Waals surface area contributed by atoms with Gasteiger partial charge in [0.1, 0.15) is 0 Å². The Morgan fingerprint density at radius 2 is 1.78 bits per heavy atom. The summed E-state index contributed by atoms with van der Waals surface area (Å²) in [7, 11) is 1.56. The predicted molar refractivity (Wildman–Crippen MR) is 99.8 cm³/mol. The molecule has 1 fully saturated rings. The summed E-state index contributed by atoms with van der Waals surface area (Å²) in [6.45, 7) is 1.15. The lowest BCUT2D eigenvalue weighted by atomic mass is 10.0. The van der Waals surface area contributed by atoms with E-state index in [1.54, 1.807) is 48.7 Å². The maximum Gasteiger partial charge on any atom is 0.260 e. The number of benzene rings is 1. The van der Waals surface area contributed by atoms with Crippen molar-refractivity contribution >= 4 is 11.8 Å². The molecule has 1 aliphatic heterocycles. The summed E-state index contributed by atoms with van der Waals surface area (Å²) in [5.74, 6) is 0.970. The molecule has 2 heterocycles. The average Bonchev–Trinajstić information content (AvgIpc) is 2.73. The summed E-state index contributed by atoms with van der Waals surface area (Å²) in [5.41, 5.74) is 0.591. The number of likely N-dealkylation sites (tertiary alicyclic amines) is 1. The van der Waals surface area contributed by atoms with Gasteiger partial charge in [0, 0.05) is 37.1 Å². The molecule has 0 aliphatic carbocycles. The molecule has 0 saturated carbocycles. The molecule has 2 aromatic rings. The Hall–Kier alpha value is -3.09. The largest absolute Gasteiger partial charge is 0.493 e. The van der Waals surface area contributed by atoms with E-state index in [4.69, 9.17) is 9.47 Å². The molecular weight excluding hydrogens is 346 g/mol. The quantitative estimate of drug-likeness (QED) is 0.841. The zero-order valence-corrected chi connectivity index (χ0v) is 15.3. The third-order valence-corrected chi connectivity index (χ3v) is 4.55. The van der Waals surface area contributed by atoms with Gasteiger partial charge in [-0.3, -0.25) is 14.6 Å². The van der Waals surface area contributed by atoms with Gasteiger partial charge in [0.25, 0.3) is 11.8 Å². The maximum atomic E-state index is 12.4. The van der Waals surface area contributed by atoms with Crippen molar-refractivity contribution in [2.24, 2.45) is 0 Å². The summed E-state index contributed by atoms with van der Waals surface area (Å²) >= 11 is 0. The highest BCUT2D eigenvalue weighted by atomic mass is 16.5. The smallest absolute Gasteiger partial charge is 0.260 e. The van der Waals surface area contributed by atoms with Crippen LogP contribution in [0.25, 0.3) is 0 Å². The van der Waals surface area contributed by atoms with Crippen LogP contribution in [0.1, 0.15) is 23.2 Å². The van der Waals surface area contributed by atoms with Crippen molar-refractivity contribution in [1.29, 1.82) is 0 Å². The molecule has 142 valence electrons. The van der Waals surface area contributed by atoms with E-state index >= 15 is 0 Å². The number of hydrogen-bond donors (Lipinski definition) is 1. The lowest BCUT2D eigenvalue weighted by Gasteiger charge is -2.32. The minimum absolute atomic E-state index is 0.0333. The molecule has 7 heteroatoms. The second kappa shape index (κ2) is 9.02. The second-order valence-corrected chi connectivity index (χ2v) is 6.30. The van der Waals surface area contributed by atoms with Crippen molar-refractivity contribution in [2.75, 3.05) is 26.8 Å². The molecule has 0 bridgehead atoms. The highest BCUT2D eigenvalue weighted by Crippen LogP contribution is 2.25. The van der Waals surface area contributed by atoms with Crippen molar-refractivity contribution < 1.29 is 19.1 Å². The number of amides is 2. The van der Waals surface area contributed by atoms with E-state index < -0.39 is 0 Å². The SMILES string of the molecule is COc1ccccc1OCC(=O)N1CCC(NC(=O)c2ccncc2)CC1. The Bertz CT molecular complexity index is 774. The highest BCUT2D eigenvalue weighted by Gasteiger charge is 2.24. The first-order chi connectivity index (χ1) is 13.2. The molecule has 1 aromatic heterocycles. The highest BCUT2D eigenvalue weighted by molar-refractivity contribution is 5.94. The van der Waals surface area contributed by atoms with Crippen molar-refractivity contribution in [3.8, 4) is 11.5 Å². The van der Waals surface area contributed by atoms with Crippen LogP contribution in [0.3, 0.4) is 0 Å². The van der Waals surface area contributed by atoms with Crippen LogP contribution in [0.2, 0.25) is 0 Å². The van der Waals surface area contributed by atoms with Gasteiger partial charge in [-0.1, -0.05) is 12.1 Å². The van der Waals surface area contributed by atoms with Gasteiger partial charge in [-0.25, -0.2) is 0 Å². The number of ether oxygens (including phenoxy) is 2. The molecule has 0 spiro atoms. The lowest BCUT2D eigenvalue weighted by Crippen LogP contribution is -2.47. The van der Waals surface area contributed by atoms with Gasteiger partial charge in [-0.2, -0.15) is 0 Å². The fraction of sp³-hybridized carbons (Fsp3) is 0.350. The molecule has 1 aliphatic rings. The molecule has 7 nitrogen and oxygen atoms in total. The van der Waals surface area contributed by atoms with Crippen LogP contribution >= 0.6 is 0 Å². The summed E-state index contributed by atoms with van der Waals surface area (Å²) in [6, 6.07) is 10.7. The number of nitrogens with zero attached hydrogens (tertiary/aromatic N) is 2. The standard InChI is InChI=1S/C20H23N3O4/c1-26-17-4-2-3-5-18(17)27-14-19(24)23-12-8-16(9-13-23)22-20(25)15-6-10-21-11-7-15/h2-7,10-11,16H,8-9,12-14H2,1H3,(H,22,25). The number of nitrogens with one attached hydrogen (secondary N) is 1. The van der Waals surface area contributed by atoms with Gasteiger partial charge in [-0.05, 0) is 37.1 Å². The van der Waals surface area contributed by atoms with E-state index in [1.807, 2.05) is 12.1 Å². The van der Waals surface area contributed by atoms with E-state index in [1.165, 1.54) is 0 Å². The van der Waals surface area contributed by atoms with Crippen molar-refractivity contribution in [1.82, 2.24) is 15.2 Å². The third-order valence-electron chi connectivity index (χ3n) is 4.55. The van der Waals surface area contributed by atoms with Gasteiger partial charge >= 0.3 is 0 Å². The summed E-state index contributed by atoms with van der Waals surface area (Å²) in [6.07, 6.45) is 4.63. The van der Waals surface area contributed by atoms with E-state index in [2.05, 4.69) is 10.3 Å². The zero-order chi connectivity index (χ0) is 19.1. The summed E-state index contributed by atoms with van der Waals surface area (Å²) in [4.78, 5) is 30.3. The van der Waals surface area contributed by atoms with E-state index in [0.29, 0.717) is 30.2 Å². The molecule has 0 radical (unpaired) electrons. The molecule has 0 unspecified atom stereocenters. The van der Waals surface area contributed by atoms with Crippen LogP contribution in [0, 0.1) is 0 Å². The van der Waals surface area contributed by atoms with Crippen molar-refractivity contribution in [3.63, 3.8) is 0 Å². The molecule has 1 saturated heterocycles. The average molecular weight is 369 g/mol. The van der Waals surface area contributed by atoms with Crippen LogP contribution in [-0.4, -0.2) is 54.5 Å². The Balaban J connectivity index is 1.44. The Morgan fingerprint density at radius 3 is 2.44 bits per heavy atom. The van der Waals surface area contributed by atoms with Crippen LogP contribution in [0.5, 0.6) is 11.5 Å². The van der Waals surface area contributed by atoms with E-state index in [-0.39, 0.29) is 24.5 Å². The number of piperidine rings is 1. The first-order valence-corrected chi connectivity index (χ1v) is 8.92. The fourth-order valence-electron chi connectivity index (χ4n) is 3.01. The van der Waals surface area contributed by atoms with Gasteiger partial charge in [-0.15, -0.1) is 0 Å². The summed E-state index contributed by atoms with van der Waals surface area (Å²) < 4.78 is 10.8. The first-order valence-electron chi connectivity index (χ1n) is 8.92. The normalized spacial score (nSPS) is 14.5. The molecule has 1 N–H and O–H groups in total. The third kappa shape index (κ3) is 4.97. The van der Waals surface area contributed by atoms with Gasteiger partial charge in [0.15, 0.2) is 18.1 Å². The fourth-order valence-corrected chi connectivity index (χ4v) is 3.01. The molecule has 27 heavy (non-hydrogen) atoms. The first kappa shape index (κ1) is 18.7. The molecule has 2 amide bonds. The Labute approximate surface area is 158 Å². The minimum Gasteiger partial charge on any atom is -0.493 e. The van der Waals surface area contributed by atoms with Gasteiger partial charge < -0.3 is 19.7 Å². The number of methoxy groups -OCH3 is 1. The van der Waals surface area contributed by atoms with Gasteiger partial charge in [0.05, 0.1) is 7.11 Å². The number of para-hydroxylation sites is 2. The predicted octanol–water partition coefficient (Wildman–Crippen LogP) is 1.89. The maximum absolute atomic E-state index is 12.4. The topological polar surface area (TPSA) is 80.8 Å².